The smallest absolute Gasteiger partial charge is 0.130 e. The standard InChI is InChI=1S/C19H32OSi/c1-14(2)21(15(3)4,16(5)6)19(17(7)20)13-18-11-9-8-10-12-18/h8-12,14-16,19H,13H2,1-7H3. The van der Waals surface area contributed by atoms with Crippen molar-refractivity contribution in [1.29, 1.82) is 0 Å². The van der Waals surface area contributed by atoms with Crippen LogP contribution in [0.3, 0.4) is 0 Å². The molecule has 0 aliphatic rings. The fraction of sp³-hybridized carbons (Fsp3) is 0.632. The van der Waals surface area contributed by atoms with Gasteiger partial charge in [0.2, 0.25) is 0 Å². The molecule has 0 spiro atoms. The molecule has 1 nitrogen and oxygen atoms in total. The van der Waals surface area contributed by atoms with Crippen LogP contribution < -0.4 is 0 Å². The van der Waals surface area contributed by atoms with Gasteiger partial charge in [0.25, 0.3) is 0 Å². The zero-order valence-electron chi connectivity index (χ0n) is 14.8. The van der Waals surface area contributed by atoms with Gasteiger partial charge in [-0.2, -0.15) is 0 Å². The Labute approximate surface area is 132 Å². The van der Waals surface area contributed by atoms with Crippen molar-refractivity contribution in [2.75, 3.05) is 0 Å². The van der Waals surface area contributed by atoms with Crippen molar-refractivity contribution in [3.05, 3.63) is 35.9 Å². The van der Waals surface area contributed by atoms with Gasteiger partial charge >= 0.3 is 0 Å². The first-order chi connectivity index (χ1) is 9.74. The fourth-order valence-corrected chi connectivity index (χ4v) is 12.4. The first kappa shape index (κ1) is 18.2. The summed E-state index contributed by atoms with van der Waals surface area (Å²) in [7, 11) is -1.75. The number of carbonyl (C=O) groups is 1. The van der Waals surface area contributed by atoms with Crippen LogP contribution in [0.1, 0.15) is 54.0 Å². The van der Waals surface area contributed by atoms with Gasteiger partial charge in [0, 0.05) is 5.54 Å². The van der Waals surface area contributed by atoms with Crippen LogP contribution in [0.5, 0.6) is 0 Å². The molecule has 1 aromatic carbocycles. The van der Waals surface area contributed by atoms with E-state index in [4.69, 9.17) is 0 Å². The van der Waals surface area contributed by atoms with Gasteiger partial charge in [-0.05, 0) is 35.5 Å². The molecule has 0 heterocycles. The maximum atomic E-state index is 12.5. The molecule has 0 bridgehead atoms. The number of benzene rings is 1. The van der Waals surface area contributed by atoms with Crippen LogP contribution in [0.4, 0.5) is 0 Å². The Morgan fingerprint density at radius 3 is 1.67 bits per heavy atom. The minimum atomic E-state index is -1.75. The van der Waals surface area contributed by atoms with E-state index in [9.17, 15) is 4.79 Å². The molecule has 1 rings (SSSR count). The molecule has 0 aliphatic carbocycles. The monoisotopic (exact) mass is 304 g/mol. The molecule has 21 heavy (non-hydrogen) atoms. The van der Waals surface area contributed by atoms with Gasteiger partial charge in [-0.3, -0.25) is 0 Å². The van der Waals surface area contributed by atoms with E-state index in [1.54, 1.807) is 0 Å². The van der Waals surface area contributed by atoms with Crippen LogP contribution in [-0.4, -0.2) is 13.9 Å². The number of hydrogen-bond donors (Lipinski definition) is 0. The van der Waals surface area contributed by atoms with Gasteiger partial charge in [-0.25, -0.2) is 0 Å². The van der Waals surface area contributed by atoms with Crippen molar-refractivity contribution in [2.45, 2.75) is 77.1 Å². The van der Waals surface area contributed by atoms with Crippen molar-refractivity contribution in [3.63, 3.8) is 0 Å². The molecular weight excluding hydrogens is 272 g/mol. The SMILES string of the molecule is CC(=O)C(Cc1ccccc1)[Si](C(C)C)(C(C)C)C(C)C. The molecule has 0 fully saturated rings. The Morgan fingerprint density at radius 2 is 1.33 bits per heavy atom. The lowest BCUT2D eigenvalue weighted by atomic mass is 10.1. The van der Waals surface area contributed by atoms with Gasteiger partial charge in [-0.15, -0.1) is 0 Å². The topological polar surface area (TPSA) is 17.1 Å². The second kappa shape index (κ2) is 7.39. The van der Waals surface area contributed by atoms with Crippen molar-refractivity contribution in [1.82, 2.24) is 0 Å². The third-order valence-electron chi connectivity index (χ3n) is 5.38. The third kappa shape index (κ3) is 3.66. The summed E-state index contributed by atoms with van der Waals surface area (Å²) in [4.78, 5) is 12.5. The first-order valence-corrected chi connectivity index (χ1v) is 10.6. The van der Waals surface area contributed by atoms with E-state index < -0.39 is 8.07 Å². The summed E-state index contributed by atoms with van der Waals surface area (Å²) in [5.41, 5.74) is 3.39. The predicted octanol–water partition coefficient (Wildman–Crippen LogP) is 5.87. The van der Waals surface area contributed by atoms with E-state index in [-0.39, 0.29) is 5.54 Å². The minimum absolute atomic E-state index is 0.222. The molecule has 0 aliphatic heterocycles. The summed E-state index contributed by atoms with van der Waals surface area (Å²) in [6.45, 7) is 15.9. The van der Waals surface area contributed by atoms with E-state index >= 15 is 0 Å². The van der Waals surface area contributed by atoms with Gasteiger partial charge in [-0.1, -0.05) is 71.9 Å². The Balaban J connectivity index is 3.30. The van der Waals surface area contributed by atoms with Gasteiger partial charge in [0.05, 0.1) is 8.07 Å². The Kier molecular flexibility index (Phi) is 6.39. The maximum absolute atomic E-state index is 12.5. The molecule has 1 unspecified atom stereocenters. The number of hydrogen-bond acceptors (Lipinski definition) is 1. The molecule has 2 heteroatoms. The van der Waals surface area contributed by atoms with Crippen molar-refractivity contribution in [2.24, 2.45) is 0 Å². The van der Waals surface area contributed by atoms with Gasteiger partial charge in [0.1, 0.15) is 5.78 Å². The van der Waals surface area contributed by atoms with Crippen LogP contribution in [0.15, 0.2) is 30.3 Å². The molecule has 0 saturated carbocycles. The van der Waals surface area contributed by atoms with Crippen LogP contribution in [0, 0.1) is 0 Å². The van der Waals surface area contributed by atoms with E-state index in [1.807, 2.05) is 13.0 Å². The van der Waals surface area contributed by atoms with Crippen LogP contribution in [0.25, 0.3) is 0 Å². The highest BCUT2D eigenvalue weighted by Crippen LogP contribution is 2.50. The maximum Gasteiger partial charge on any atom is 0.130 e. The summed E-state index contributed by atoms with van der Waals surface area (Å²) in [6, 6.07) is 10.5. The summed E-state index contributed by atoms with van der Waals surface area (Å²) >= 11 is 0. The average Bonchev–Trinajstić information content (AvgIpc) is 2.38. The summed E-state index contributed by atoms with van der Waals surface area (Å²) in [5.74, 6) is 0.390. The lowest BCUT2D eigenvalue weighted by molar-refractivity contribution is -0.117. The fourth-order valence-electron chi connectivity index (χ4n) is 4.73. The largest absolute Gasteiger partial charge is 0.300 e. The quantitative estimate of drug-likeness (QED) is 0.576. The third-order valence-corrected chi connectivity index (χ3v) is 13.2. The second-order valence-corrected chi connectivity index (χ2v) is 13.5. The highest BCUT2D eigenvalue weighted by atomic mass is 28.3. The van der Waals surface area contributed by atoms with E-state index in [0.717, 1.165) is 6.42 Å². The summed E-state index contributed by atoms with van der Waals surface area (Å²) in [6.07, 6.45) is 0.914. The zero-order chi connectivity index (χ0) is 16.2. The molecular formula is C19H32OSi. The number of rotatable bonds is 7. The highest BCUT2D eigenvalue weighted by Gasteiger charge is 2.50. The number of Topliss-reactive ketones (excluding diaryl/α,β-unsaturated/α-hetero) is 1. The molecule has 0 radical (unpaired) electrons. The average molecular weight is 305 g/mol. The molecule has 0 N–H and O–H groups in total. The van der Waals surface area contributed by atoms with Crippen molar-refractivity contribution < 1.29 is 4.79 Å². The normalized spacial score (nSPS) is 14.0. The van der Waals surface area contributed by atoms with Crippen LogP contribution in [-0.2, 0) is 11.2 Å². The zero-order valence-corrected chi connectivity index (χ0v) is 15.8. The van der Waals surface area contributed by atoms with Crippen molar-refractivity contribution in [3.8, 4) is 0 Å². The lowest BCUT2D eigenvalue weighted by Gasteiger charge is -2.48. The molecule has 0 saturated heterocycles. The summed E-state index contributed by atoms with van der Waals surface area (Å²) in [5, 5.41) is 0. The number of ketones is 1. The molecule has 0 aromatic heterocycles. The van der Waals surface area contributed by atoms with Crippen LogP contribution in [0.2, 0.25) is 22.2 Å². The number of carbonyl (C=O) groups excluding carboxylic acids is 1. The Bertz CT molecular complexity index is 426. The lowest BCUT2D eigenvalue weighted by Crippen LogP contribution is -2.51. The van der Waals surface area contributed by atoms with E-state index in [0.29, 0.717) is 22.4 Å². The first-order valence-electron chi connectivity index (χ1n) is 8.28. The minimum Gasteiger partial charge on any atom is -0.300 e. The van der Waals surface area contributed by atoms with Gasteiger partial charge in [0.15, 0.2) is 0 Å². The van der Waals surface area contributed by atoms with E-state index in [1.165, 1.54) is 5.56 Å². The summed E-state index contributed by atoms with van der Waals surface area (Å²) < 4.78 is 0. The predicted molar refractivity (Wildman–Crippen MR) is 95.6 cm³/mol. The molecule has 0 amide bonds. The second-order valence-electron chi connectivity index (χ2n) is 7.32. The molecule has 1 aromatic rings. The van der Waals surface area contributed by atoms with Crippen LogP contribution >= 0.6 is 0 Å². The Hall–Kier alpha value is -0.893. The molecule has 1 atom stereocenters. The van der Waals surface area contributed by atoms with E-state index in [2.05, 4.69) is 65.8 Å². The Morgan fingerprint density at radius 1 is 0.905 bits per heavy atom. The highest BCUT2D eigenvalue weighted by molar-refractivity contribution is 6.87. The molecule has 118 valence electrons. The van der Waals surface area contributed by atoms with Crippen molar-refractivity contribution >= 4 is 13.9 Å². The van der Waals surface area contributed by atoms with Gasteiger partial charge < -0.3 is 4.79 Å².